The average molecular weight is 674 g/mol. The van der Waals surface area contributed by atoms with Crippen LogP contribution in [-0.4, -0.2) is 72.4 Å². The van der Waals surface area contributed by atoms with E-state index in [4.69, 9.17) is 37.4 Å². The van der Waals surface area contributed by atoms with Gasteiger partial charge in [0.2, 0.25) is 0 Å². The summed E-state index contributed by atoms with van der Waals surface area (Å²) >= 11 is 14.1. The maximum absolute atomic E-state index is 14.5. The third-order valence-corrected chi connectivity index (χ3v) is 10.1. The molecule has 1 aliphatic carbocycles. The number of nitrogens with zero attached hydrogens (tertiary/aromatic N) is 2. The van der Waals surface area contributed by atoms with Crippen LogP contribution in [0.25, 0.3) is 5.57 Å². The first-order valence-electron chi connectivity index (χ1n) is 15.3. The van der Waals surface area contributed by atoms with Gasteiger partial charge in [0.15, 0.2) is 5.75 Å². The van der Waals surface area contributed by atoms with E-state index in [0.29, 0.717) is 39.6 Å². The fraction of sp³-hybridized carbons (Fsp3) is 0.455. The fourth-order valence-electron chi connectivity index (χ4n) is 6.04. The van der Waals surface area contributed by atoms with E-state index in [0.717, 1.165) is 58.7 Å². The maximum atomic E-state index is 14.5. The minimum atomic E-state index is -0.688. The zero-order valence-electron chi connectivity index (χ0n) is 25.6. The number of hydrogen-bond acceptors (Lipinski definition) is 9. The van der Waals surface area contributed by atoms with E-state index < -0.39 is 6.10 Å². The van der Waals surface area contributed by atoms with Crippen LogP contribution in [0.5, 0.6) is 16.7 Å². The van der Waals surface area contributed by atoms with Gasteiger partial charge in [-0.1, -0.05) is 46.7 Å². The lowest BCUT2D eigenvalue weighted by molar-refractivity contribution is -0.128. The highest BCUT2D eigenvalue weighted by Crippen LogP contribution is 2.40. The molecule has 1 saturated heterocycles. The molecule has 3 heterocycles. The molecule has 6 rings (SSSR count). The molecule has 240 valence electrons. The summed E-state index contributed by atoms with van der Waals surface area (Å²) in [6.07, 6.45) is 3.88. The van der Waals surface area contributed by atoms with Crippen LogP contribution < -0.4 is 24.8 Å². The van der Waals surface area contributed by atoms with Gasteiger partial charge in [-0.2, -0.15) is 0 Å². The standard InChI is InChI=1S/C33H38Cl2N4O5S/c1-18-20(5-4-6-28(18)42-3)17-39(23-7-8-23)32(41)30-24(13-22-14-36-15-27(30)38-22)29-16-37-33(45-29)44-10-9-43-31-25(34)11-21(19(2)40)12-26(31)35/h4-6,11-12,16,19,22-23,27,36,38,40H,7-10,13-15,17H2,1-3H3/t19-,22+,27+/m1/s1. The first-order valence-corrected chi connectivity index (χ1v) is 16.8. The van der Waals surface area contributed by atoms with Crippen LogP contribution >= 0.6 is 34.5 Å². The van der Waals surface area contributed by atoms with E-state index in [1.807, 2.05) is 30.2 Å². The number of amides is 1. The maximum Gasteiger partial charge on any atom is 0.273 e. The molecule has 0 spiro atoms. The molecule has 2 fully saturated rings. The van der Waals surface area contributed by atoms with Crippen LogP contribution in [0.1, 0.15) is 53.9 Å². The second kappa shape index (κ2) is 13.9. The molecule has 1 saturated carbocycles. The quantitative estimate of drug-likeness (QED) is 0.215. The van der Waals surface area contributed by atoms with Crippen molar-refractivity contribution in [3.8, 4) is 16.7 Å². The molecular formula is C33H38Cl2N4O5S. The van der Waals surface area contributed by atoms with Crippen molar-refractivity contribution in [1.82, 2.24) is 20.5 Å². The monoisotopic (exact) mass is 672 g/mol. The molecule has 2 aliphatic heterocycles. The Labute approximate surface area is 277 Å². The Hall–Kier alpha value is -2.86. The molecule has 3 aliphatic rings. The minimum Gasteiger partial charge on any atom is -0.496 e. The Kier molecular flexibility index (Phi) is 9.89. The van der Waals surface area contributed by atoms with E-state index in [2.05, 4.69) is 21.7 Å². The Morgan fingerprint density at radius 1 is 1.18 bits per heavy atom. The second-order valence-electron chi connectivity index (χ2n) is 11.8. The Balaban J connectivity index is 1.19. The highest BCUT2D eigenvalue weighted by Gasteiger charge is 2.41. The first kappa shape index (κ1) is 32.1. The van der Waals surface area contributed by atoms with Gasteiger partial charge in [0.25, 0.3) is 11.1 Å². The molecule has 1 aromatic heterocycles. The summed E-state index contributed by atoms with van der Waals surface area (Å²) in [7, 11) is 1.68. The van der Waals surface area contributed by atoms with Crippen LogP contribution in [0, 0.1) is 6.92 Å². The van der Waals surface area contributed by atoms with Crippen molar-refractivity contribution >= 4 is 46.0 Å². The number of halogens is 2. The molecule has 3 N–H and O–H groups in total. The Morgan fingerprint density at radius 2 is 1.93 bits per heavy atom. The van der Waals surface area contributed by atoms with Gasteiger partial charge in [0.1, 0.15) is 19.0 Å². The van der Waals surface area contributed by atoms with Gasteiger partial charge in [0, 0.05) is 43.5 Å². The number of carbonyl (C=O) groups is 1. The number of fused-ring (bicyclic) bond motifs is 2. The summed E-state index contributed by atoms with van der Waals surface area (Å²) < 4.78 is 17.3. The molecule has 0 radical (unpaired) electrons. The number of nitrogens with one attached hydrogen (secondary N) is 2. The molecule has 12 heteroatoms. The molecule has 45 heavy (non-hydrogen) atoms. The summed E-state index contributed by atoms with van der Waals surface area (Å²) in [5.74, 6) is 1.25. The van der Waals surface area contributed by atoms with E-state index in [1.165, 1.54) is 11.3 Å². The van der Waals surface area contributed by atoms with Crippen molar-refractivity contribution < 1.29 is 24.1 Å². The SMILES string of the molecule is COc1cccc(CN(C(=O)C2=C(c3cnc(OCCOc4c(Cl)cc([C@@H](C)O)cc4Cl)s3)C[C@H]3CNC[C@@H]2N3)C2CC2)c1C. The number of thiazole rings is 1. The highest BCUT2D eigenvalue weighted by molar-refractivity contribution is 7.14. The number of rotatable bonds is 12. The van der Waals surface area contributed by atoms with Gasteiger partial charge in [-0.05, 0) is 73.6 Å². The number of ether oxygens (including phenoxy) is 3. The average Bonchev–Trinajstić information content (AvgIpc) is 3.75. The van der Waals surface area contributed by atoms with Crippen molar-refractivity contribution in [2.75, 3.05) is 33.4 Å². The van der Waals surface area contributed by atoms with Gasteiger partial charge in [-0.15, -0.1) is 0 Å². The molecule has 0 unspecified atom stereocenters. The lowest BCUT2D eigenvalue weighted by Gasteiger charge is -2.40. The highest BCUT2D eigenvalue weighted by atomic mass is 35.5. The number of aromatic nitrogens is 1. The fourth-order valence-corrected chi connectivity index (χ4v) is 7.51. The number of hydrogen-bond donors (Lipinski definition) is 3. The Bertz CT molecular complexity index is 1570. The molecule has 3 atom stereocenters. The topological polar surface area (TPSA) is 105 Å². The largest absolute Gasteiger partial charge is 0.496 e. The predicted molar refractivity (Wildman–Crippen MR) is 177 cm³/mol. The van der Waals surface area contributed by atoms with E-state index in [-0.39, 0.29) is 37.2 Å². The van der Waals surface area contributed by atoms with Crippen LogP contribution in [-0.2, 0) is 11.3 Å². The number of piperazine rings is 1. The number of aliphatic hydroxyl groups is 1. The van der Waals surface area contributed by atoms with E-state index in [9.17, 15) is 9.90 Å². The van der Waals surface area contributed by atoms with Crippen molar-refractivity contribution in [1.29, 1.82) is 0 Å². The normalized spacial score (nSPS) is 20.1. The lowest BCUT2D eigenvalue weighted by atomic mass is 9.86. The summed E-state index contributed by atoms with van der Waals surface area (Å²) in [5, 5.41) is 18.2. The van der Waals surface area contributed by atoms with Crippen molar-refractivity contribution in [3.63, 3.8) is 0 Å². The molecule has 2 aromatic carbocycles. The summed E-state index contributed by atoms with van der Waals surface area (Å²) in [5.41, 5.74) is 4.63. The van der Waals surface area contributed by atoms with Gasteiger partial charge in [0.05, 0.1) is 34.2 Å². The van der Waals surface area contributed by atoms with Crippen molar-refractivity contribution in [2.24, 2.45) is 0 Å². The number of benzene rings is 2. The Morgan fingerprint density at radius 3 is 2.64 bits per heavy atom. The minimum absolute atomic E-state index is 0.0778. The van der Waals surface area contributed by atoms with E-state index in [1.54, 1.807) is 26.2 Å². The van der Waals surface area contributed by atoms with Gasteiger partial charge < -0.3 is 34.9 Å². The lowest BCUT2D eigenvalue weighted by Crippen LogP contribution is -2.59. The van der Waals surface area contributed by atoms with Gasteiger partial charge in [-0.25, -0.2) is 4.98 Å². The third kappa shape index (κ3) is 7.11. The van der Waals surface area contributed by atoms with Crippen LogP contribution in [0.3, 0.4) is 0 Å². The molecule has 2 bridgehead atoms. The first-order chi connectivity index (χ1) is 21.7. The summed E-state index contributed by atoms with van der Waals surface area (Å²) in [6.45, 7) is 6.21. The number of carbonyl (C=O) groups excluding carboxylic acids is 1. The number of methoxy groups -OCH3 is 1. The summed E-state index contributed by atoms with van der Waals surface area (Å²) in [4.78, 5) is 22.0. The van der Waals surface area contributed by atoms with Crippen LogP contribution in [0.15, 0.2) is 42.1 Å². The zero-order valence-corrected chi connectivity index (χ0v) is 27.9. The van der Waals surface area contributed by atoms with Crippen molar-refractivity contribution in [3.05, 3.63) is 73.7 Å². The second-order valence-corrected chi connectivity index (χ2v) is 13.6. The van der Waals surface area contributed by atoms with Crippen LogP contribution in [0.4, 0.5) is 0 Å². The summed E-state index contributed by atoms with van der Waals surface area (Å²) in [6, 6.07) is 9.69. The molecule has 3 aromatic rings. The van der Waals surface area contributed by atoms with Gasteiger partial charge in [-0.3, -0.25) is 4.79 Å². The van der Waals surface area contributed by atoms with Crippen LogP contribution in [0.2, 0.25) is 10.0 Å². The van der Waals surface area contributed by atoms with Gasteiger partial charge >= 0.3 is 0 Å². The number of aliphatic hydroxyl groups excluding tert-OH is 1. The van der Waals surface area contributed by atoms with Crippen molar-refractivity contribution in [2.45, 2.75) is 63.9 Å². The van der Waals surface area contributed by atoms with E-state index >= 15 is 0 Å². The zero-order chi connectivity index (χ0) is 31.7. The molecule has 1 amide bonds. The molecule has 9 nitrogen and oxygen atoms in total. The smallest absolute Gasteiger partial charge is 0.273 e. The predicted octanol–water partition coefficient (Wildman–Crippen LogP) is 5.56. The molecular weight excluding hydrogens is 635 g/mol. The third-order valence-electron chi connectivity index (χ3n) is 8.58.